The minimum absolute atomic E-state index is 0.0287. The molecule has 159 valence electrons. The first-order valence-corrected chi connectivity index (χ1v) is 11.5. The molecule has 1 aliphatic carbocycles. The second kappa shape index (κ2) is 9.43. The van der Waals surface area contributed by atoms with E-state index in [1.807, 2.05) is 0 Å². The summed E-state index contributed by atoms with van der Waals surface area (Å²) >= 11 is 0. The molecule has 2 heterocycles. The number of rotatable bonds is 5. The lowest BCUT2D eigenvalue weighted by Crippen LogP contribution is -2.53. The summed E-state index contributed by atoms with van der Waals surface area (Å²) in [7, 11) is 1.25. The van der Waals surface area contributed by atoms with Gasteiger partial charge in [0.25, 0.3) is 0 Å². The zero-order chi connectivity index (χ0) is 22.5. The van der Waals surface area contributed by atoms with E-state index in [-0.39, 0.29) is 11.2 Å². The highest BCUT2D eigenvalue weighted by molar-refractivity contribution is 6.10. The molecule has 0 amide bonds. The summed E-state index contributed by atoms with van der Waals surface area (Å²) in [5.74, 6) is 13.9. The molecular formula is C27H36BO2. The van der Waals surface area contributed by atoms with Crippen molar-refractivity contribution >= 4 is 7.81 Å². The highest BCUT2D eigenvalue weighted by Gasteiger charge is 2.54. The molecule has 30 heavy (non-hydrogen) atoms. The maximum absolute atomic E-state index is 6.56. The van der Waals surface area contributed by atoms with Crippen molar-refractivity contribution in [1.82, 2.24) is 0 Å². The number of hydrogen-bond acceptors (Lipinski definition) is 2. The Hall–Kier alpha value is -2.00. The maximum atomic E-state index is 6.56. The standard InChI is InChI=1S/C21H30O2.C6H6B/c1-5-6-7-8-14-11-17-19-15-13-21(4,23-18(19)12-14)10-9-16(15)20(2,3)22-17;1-2-3-4-5-6-7/h11-12,15-16H,5-10,13H2,1-4H3;7H,6H2,1H3/i;7T. The number of fused-ring (bicyclic) bond motifs is 1. The van der Waals surface area contributed by atoms with Crippen molar-refractivity contribution in [2.24, 2.45) is 5.92 Å². The third-order valence-electron chi connectivity index (χ3n) is 6.73. The predicted octanol–water partition coefficient (Wildman–Crippen LogP) is 5.96. The van der Waals surface area contributed by atoms with Crippen molar-refractivity contribution in [2.75, 3.05) is 0 Å². The molecule has 3 heteroatoms. The quantitative estimate of drug-likeness (QED) is 0.342. The molecule has 1 saturated carbocycles. The second-order valence-electron chi connectivity index (χ2n) is 9.56. The molecule has 2 nitrogen and oxygen atoms in total. The molecule has 1 aromatic carbocycles. The van der Waals surface area contributed by atoms with E-state index in [9.17, 15) is 0 Å². The molecule has 1 fully saturated rings. The smallest absolute Gasteiger partial charge is 0.127 e. The van der Waals surface area contributed by atoms with Gasteiger partial charge in [-0.25, -0.2) is 0 Å². The Morgan fingerprint density at radius 1 is 1.17 bits per heavy atom. The number of hydrogen-bond donors (Lipinski definition) is 0. The zero-order valence-electron chi connectivity index (χ0n) is 20.4. The Morgan fingerprint density at radius 2 is 1.93 bits per heavy atom. The van der Waals surface area contributed by atoms with Crippen molar-refractivity contribution in [3.8, 4) is 35.2 Å². The van der Waals surface area contributed by atoms with Crippen LogP contribution >= 0.6 is 0 Å². The summed E-state index contributed by atoms with van der Waals surface area (Å²) in [6.45, 7) is 10.9. The average molecular weight is 405 g/mol. The van der Waals surface area contributed by atoms with Gasteiger partial charge in [0.05, 0.1) is 0 Å². The molecule has 1 aromatic rings. The fourth-order valence-electron chi connectivity index (χ4n) is 5.30. The largest absolute Gasteiger partial charge is 0.487 e. The minimum atomic E-state index is -0.0599. The molecule has 0 spiro atoms. The summed E-state index contributed by atoms with van der Waals surface area (Å²) < 4.78 is 19.5. The summed E-state index contributed by atoms with van der Waals surface area (Å²) in [6, 6.07) is 4.61. The van der Waals surface area contributed by atoms with Gasteiger partial charge in [0.15, 0.2) is 0 Å². The van der Waals surface area contributed by atoms with Crippen LogP contribution in [0.25, 0.3) is 0 Å². The van der Waals surface area contributed by atoms with Gasteiger partial charge >= 0.3 is 0 Å². The Bertz CT molecular complexity index is 884. The van der Waals surface area contributed by atoms with Crippen LogP contribution in [-0.2, 0) is 6.42 Å². The van der Waals surface area contributed by atoms with Gasteiger partial charge in [-0.05, 0) is 97.0 Å². The van der Waals surface area contributed by atoms with Gasteiger partial charge in [-0.3, -0.25) is 0 Å². The predicted molar refractivity (Wildman–Crippen MR) is 127 cm³/mol. The fourth-order valence-corrected chi connectivity index (χ4v) is 5.30. The van der Waals surface area contributed by atoms with E-state index in [2.05, 4.69) is 63.5 Å². The molecule has 0 N–H and O–H groups in total. The summed E-state index contributed by atoms with van der Waals surface area (Å²) in [4.78, 5) is 0. The van der Waals surface area contributed by atoms with Gasteiger partial charge in [-0.2, -0.15) is 0 Å². The van der Waals surface area contributed by atoms with E-state index in [4.69, 9.17) is 10.8 Å². The van der Waals surface area contributed by atoms with Crippen LogP contribution in [0.4, 0.5) is 0 Å². The lowest BCUT2D eigenvalue weighted by atomic mass is 9.61. The molecule has 3 atom stereocenters. The maximum Gasteiger partial charge on any atom is 0.127 e. The van der Waals surface area contributed by atoms with E-state index >= 15 is 0 Å². The SMILES string of the molecule is CCCCCc1cc2c3c(c1)OC(C)(C)C1CCC(C)(CC31)O2.[3H][B]CC#CC#CC. The Morgan fingerprint density at radius 3 is 2.63 bits per heavy atom. The van der Waals surface area contributed by atoms with E-state index < -0.39 is 0 Å². The van der Waals surface area contributed by atoms with Gasteiger partial charge < -0.3 is 9.47 Å². The van der Waals surface area contributed by atoms with Crippen molar-refractivity contribution in [1.29, 1.82) is 1.34 Å². The van der Waals surface area contributed by atoms with Crippen molar-refractivity contribution in [2.45, 2.75) is 103 Å². The highest BCUT2D eigenvalue weighted by Crippen LogP contribution is 2.60. The van der Waals surface area contributed by atoms with Crippen molar-refractivity contribution < 1.29 is 9.47 Å². The molecule has 2 bridgehead atoms. The van der Waals surface area contributed by atoms with E-state index in [0.717, 1.165) is 30.8 Å². The normalized spacial score (nSPS) is 26.6. The molecule has 0 aromatic heterocycles. The van der Waals surface area contributed by atoms with Crippen LogP contribution in [0.5, 0.6) is 11.5 Å². The van der Waals surface area contributed by atoms with E-state index in [0.29, 0.717) is 18.2 Å². The van der Waals surface area contributed by atoms with Crippen molar-refractivity contribution in [3.63, 3.8) is 0 Å². The number of aryl methyl sites for hydroxylation is 1. The van der Waals surface area contributed by atoms with Gasteiger partial charge in [0.2, 0.25) is 0 Å². The molecule has 4 rings (SSSR count). The minimum Gasteiger partial charge on any atom is -0.487 e. The third kappa shape index (κ3) is 4.83. The van der Waals surface area contributed by atoms with Crippen LogP contribution in [0.3, 0.4) is 0 Å². The van der Waals surface area contributed by atoms with E-state index in [1.54, 1.807) is 6.92 Å². The average Bonchev–Trinajstić information content (AvgIpc) is 2.70. The molecule has 2 aliphatic heterocycles. The van der Waals surface area contributed by atoms with Crippen LogP contribution in [0.15, 0.2) is 12.1 Å². The Kier molecular flexibility index (Phi) is 6.68. The second-order valence-corrected chi connectivity index (χ2v) is 9.56. The molecule has 3 aliphatic rings. The Labute approximate surface area is 186 Å². The van der Waals surface area contributed by atoms with Crippen LogP contribution in [-0.4, -0.2) is 20.3 Å². The first-order chi connectivity index (χ1) is 14.8. The summed E-state index contributed by atoms with van der Waals surface area (Å²) in [5.41, 5.74) is 2.71. The fraction of sp³-hybridized carbons (Fsp3) is 0.630. The van der Waals surface area contributed by atoms with Crippen molar-refractivity contribution in [3.05, 3.63) is 23.3 Å². The van der Waals surface area contributed by atoms with E-state index in [1.165, 1.54) is 44.6 Å². The number of unbranched alkanes of at least 4 members (excludes halogenated alkanes) is 2. The lowest BCUT2D eigenvalue weighted by molar-refractivity contribution is -0.0727. The topological polar surface area (TPSA) is 18.5 Å². The van der Waals surface area contributed by atoms with Crippen LogP contribution in [0, 0.1) is 29.6 Å². The van der Waals surface area contributed by atoms with Gasteiger partial charge in [0, 0.05) is 17.4 Å². The molecule has 1 radical (unpaired) electrons. The molecular weight excluding hydrogens is 367 g/mol. The van der Waals surface area contributed by atoms with Gasteiger partial charge in [-0.1, -0.05) is 31.6 Å². The Balaban J connectivity index is 0.000000293. The van der Waals surface area contributed by atoms with Crippen LogP contribution in [0.2, 0.25) is 6.32 Å². The lowest BCUT2D eigenvalue weighted by Gasteiger charge is -2.55. The first kappa shape index (κ1) is 21.2. The summed E-state index contributed by atoms with van der Waals surface area (Å²) in [5, 5.41) is 0. The van der Waals surface area contributed by atoms with Gasteiger partial charge in [-0.15, -0.1) is 0 Å². The monoisotopic (exact) mass is 405 g/mol. The first-order valence-electron chi connectivity index (χ1n) is 12.1. The number of ether oxygens (including phenoxy) is 2. The summed E-state index contributed by atoms with van der Waals surface area (Å²) in [6.07, 6.45) is 8.96. The third-order valence-corrected chi connectivity index (χ3v) is 6.73. The molecule has 3 unspecified atom stereocenters. The number of benzene rings is 1. The molecule has 0 saturated heterocycles. The van der Waals surface area contributed by atoms with Crippen LogP contribution in [0.1, 0.15) is 90.2 Å². The van der Waals surface area contributed by atoms with Crippen LogP contribution < -0.4 is 9.47 Å². The van der Waals surface area contributed by atoms with Gasteiger partial charge in [0.1, 0.15) is 30.5 Å². The zero-order valence-corrected chi connectivity index (χ0v) is 19.4. The highest BCUT2D eigenvalue weighted by atomic mass is 16.5.